The van der Waals surface area contributed by atoms with E-state index in [-0.39, 0.29) is 17.5 Å². The van der Waals surface area contributed by atoms with Crippen LogP contribution in [0.15, 0.2) is 23.6 Å². The lowest BCUT2D eigenvalue weighted by Crippen LogP contribution is -2.49. The van der Waals surface area contributed by atoms with Crippen LogP contribution < -0.4 is 4.90 Å². The summed E-state index contributed by atoms with van der Waals surface area (Å²) in [4.78, 5) is 24.4. The summed E-state index contributed by atoms with van der Waals surface area (Å²) in [5.74, 6) is 0.378. The van der Waals surface area contributed by atoms with Gasteiger partial charge in [-0.2, -0.15) is 13.2 Å². The van der Waals surface area contributed by atoms with Gasteiger partial charge in [0.15, 0.2) is 0 Å². The molecule has 2 aromatic heterocycles. The van der Waals surface area contributed by atoms with Crippen molar-refractivity contribution in [1.82, 2.24) is 14.9 Å². The van der Waals surface area contributed by atoms with Crippen LogP contribution in [0.2, 0.25) is 0 Å². The molecule has 3 heterocycles. The zero-order chi connectivity index (χ0) is 18.0. The Morgan fingerprint density at radius 2 is 1.96 bits per heavy atom. The second-order valence-electron chi connectivity index (χ2n) is 5.78. The van der Waals surface area contributed by atoms with Crippen molar-refractivity contribution in [2.45, 2.75) is 19.5 Å². The van der Waals surface area contributed by atoms with Gasteiger partial charge in [0.25, 0.3) is 0 Å². The number of hydrogen-bond acceptors (Lipinski definition) is 5. The van der Waals surface area contributed by atoms with Gasteiger partial charge in [-0.05, 0) is 18.4 Å². The van der Waals surface area contributed by atoms with Crippen LogP contribution in [-0.4, -0.2) is 47.0 Å². The highest BCUT2D eigenvalue weighted by atomic mass is 32.1. The van der Waals surface area contributed by atoms with Crippen LogP contribution >= 0.6 is 11.3 Å². The summed E-state index contributed by atoms with van der Waals surface area (Å²) < 4.78 is 38.7. The van der Waals surface area contributed by atoms with Crippen molar-refractivity contribution >= 4 is 23.1 Å². The highest BCUT2D eigenvalue weighted by Gasteiger charge is 2.34. The number of aryl methyl sites for hydroxylation is 1. The van der Waals surface area contributed by atoms with Gasteiger partial charge in [0, 0.05) is 37.1 Å². The summed E-state index contributed by atoms with van der Waals surface area (Å²) in [5.41, 5.74) is -0.939. The fourth-order valence-corrected chi connectivity index (χ4v) is 3.41. The molecular weight excluding hydrogens is 353 g/mol. The molecule has 2 aromatic rings. The first-order chi connectivity index (χ1) is 11.8. The highest BCUT2D eigenvalue weighted by Crippen LogP contribution is 2.30. The number of amides is 1. The number of thiophene rings is 1. The third kappa shape index (κ3) is 4.28. The molecule has 1 fully saturated rings. The van der Waals surface area contributed by atoms with Crippen molar-refractivity contribution in [2.24, 2.45) is 0 Å². The maximum atomic E-state index is 12.9. The zero-order valence-corrected chi connectivity index (χ0v) is 14.4. The summed E-state index contributed by atoms with van der Waals surface area (Å²) in [6.45, 7) is 3.27. The van der Waals surface area contributed by atoms with Crippen LogP contribution in [0.5, 0.6) is 0 Å². The number of carbonyl (C=O) groups excluding carboxylic acids is 1. The van der Waals surface area contributed by atoms with Crippen LogP contribution in [0.25, 0.3) is 0 Å². The molecule has 9 heteroatoms. The zero-order valence-electron chi connectivity index (χ0n) is 13.6. The number of piperazine rings is 1. The average Bonchev–Trinajstić information content (AvgIpc) is 3.06. The van der Waals surface area contributed by atoms with E-state index in [1.165, 1.54) is 18.3 Å². The average molecular weight is 370 g/mol. The minimum atomic E-state index is -4.50. The monoisotopic (exact) mass is 370 g/mol. The van der Waals surface area contributed by atoms with E-state index in [0.29, 0.717) is 32.6 Å². The normalized spacial score (nSPS) is 15.5. The molecule has 0 spiro atoms. The van der Waals surface area contributed by atoms with Gasteiger partial charge >= 0.3 is 6.18 Å². The Balaban J connectivity index is 1.64. The topological polar surface area (TPSA) is 49.3 Å². The number of hydrogen-bond donors (Lipinski definition) is 0. The van der Waals surface area contributed by atoms with Gasteiger partial charge in [-0.3, -0.25) is 4.79 Å². The molecule has 1 aliphatic heterocycles. The molecule has 0 saturated carbocycles. The standard InChI is InChI=1S/C16H17F3N4OS/c1-11-20-13(16(17,18)19)10-14(21-11)22-4-6-23(7-5-22)15(24)9-12-3-2-8-25-12/h2-3,8,10H,4-7,9H2,1H3. The fraction of sp³-hybridized carbons (Fsp3) is 0.438. The number of aromatic nitrogens is 2. The van der Waals surface area contributed by atoms with Crippen molar-refractivity contribution in [3.05, 3.63) is 40.0 Å². The minimum absolute atomic E-state index is 0.0388. The first-order valence-electron chi connectivity index (χ1n) is 7.81. The van der Waals surface area contributed by atoms with E-state index < -0.39 is 11.9 Å². The Kier molecular flexibility index (Phi) is 4.94. The molecule has 0 unspecified atom stereocenters. The van der Waals surface area contributed by atoms with Crippen molar-refractivity contribution < 1.29 is 18.0 Å². The number of halogens is 3. The van der Waals surface area contributed by atoms with Gasteiger partial charge in [-0.25, -0.2) is 9.97 Å². The van der Waals surface area contributed by atoms with E-state index >= 15 is 0 Å². The van der Waals surface area contributed by atoms with E-state index in [2.05, 4.69) is 9.97 Å². The van der Waals surface area contributed by atoms with Crippen molar-refractivity contribution in [3.63, 3.8) is 0 Å². The summed E-state index contributed by atoms with van der Waals surface area (Å²) in [6, 6.07) is 4.79. The molecule has 0 aromatic carbocycles. The summed E-state index contributed by atoms with van der Waals surface area (Å²) >= 11 is 1.54. The highest BCUT2D eigenvalue weighted by molar-refractivity contribution is 7.10. The van der Waals surface area contributed by atoms with Crippen LogP contribution in [0.4, 0.5) is 19.0 Å². The lowest BCUT2D eigenvalue weighted by molar-refractivity contribution is -0.141. The van der Waals surface area contributed by atoms with Gasteiger partial charge in [-0.1, -0.05) is 6.07 Å². The van der Waals surface area contributed by atoms with Gasteiger partial charge < -0.3 is 9.80 Å². The third-order valence-corrected chi connectivity index (χ3v) is 4.85. The molecule has 5 nitrogen and oxygen atoms in total. The maximum absolute atomic E-state index is 12.9. The lowest BCUT2D eigenvalue weighted by Gasteiger charge is -2.35. The quantitative estimate of drug-likeness (QED) is 0.834. The molecule has 1 aliphatic rings. The van der Waals surface area contributed by atoms with E-state index in [4.69, 9.17) is 0 Å². The van der Waals surface area contributed by atoms with Gasteiger partial charge in [0.1, 0.15) is 17.3 Å². The van der Waals surface area contributed by atoms with Crippen LogP contribution in [0.1, 0.15) is 16.4 Å². The van der Waals surface area contributed by atoms with E-state index in [9.17, 15) is 18.0 Å². The Morgan fingerprint density at radius 1 is 1.24 bits per heavy atom. The predicted octanol–water partition coefficient (Wildman–Crippen LogP) is 2.76. The largest absolute Gasteiger partial charge is 0.433 e. The number of rotatable bonds is 3. The predicted molar refractivity (Wildman–Crippen MR) is 88.6 cm³/mol. The van der Waals surface area contributed by atoms with E-state index in [1.807, 2.05) is 17.5 Å². The van der Waals surface area contributed by atoms with E-state index in [0.717, 1.165) is 10.9 Å². The van der Waals surface area contributed by atoms with Gasteiger partial charge in [0.05, 0.1) is 6.42 Å². The van der Waals surface area contributed by atoms with Crippen LogP contribution in [0, 0.1) is 6.92 Å². The smallest absolute Gasteiger partial charge is 0.353 e. The molecule has 0 aliphatic carbocycles. The third-order valence-electron chi connectivity index (χ3n) is 3.98. The molecular formula is C16H17F3N4OS. The van der Waals surface area contributed by atoms with E-state index in [1.54, 1.807) is 9.80 Å². The summed E-state index contributed by atoms with van der Waals surface area (Å²) in [5, 5.41) is 1.93. The van der Waals surface area contributed by atoms with Crippen LogP contribution in [0.3, 0.4) is 0 Å². The Morgan fingerprint density at radius 3 is 2.56 bits per heavy atom. The van der Waals surface area contributed by atoms with Crippen molar-refractivity contribution in [3.8, 4) is 0 Å². The minimum Gasteiger partial charge on any atom is -0.353 e. The van der Waals surface area contributed by atoms with Crippen molar-refractivity contribution in [2.75, 3.05) is 31.1 Å². The maximum Gasteiger partial charge on any atom is 0.433 e. The Hall–Kier alpha value is -2.16. The molecule has 0 atom stereocenters. The van der Waals surface area contributed by atoms with Gasteiger partial charge in [-0.15, -0.1) is 11.3 Å². The Bertz CT molecular complexity index is 740. The second-order valence-corrected chi connectivity index (χ2v) is 6.81. The molecule has 0 radical (unpaired) electrons. The molecule has 1 saturated heterocycles. The Labute approximate surface area is 147 Å². The molecule has 3 rings (SSSR count). The summed E-state index contributed by atoms with van der Waals surface area (Å²) in [6.07, 6.45) is -4.14. The fourth-order valence-electron chi connectivity index (χ4n) is 2.72. The number of carbonyl (C=O) groups is 1. The van der Waals surface area contributed by atoms with Crippen LogP contribution in [-0.2, 0) is 17.4 Å². The molecule has 0 N–H and O–H groups in total. The van der Waals surface area contributed by atoms with Gasteiger partial charge in [0.2, 0.25) is 5.91 Å². The molecule has 134 valence electrons. The molecule has 25 heavy (non-hydrogen) atoms. The number of alkyl halides is 3. The lowest BCUT2D eigenvalue weighted by atomic mass is 10.2. The SMILES string of the molecule is Cc1nc(N2CCN(C(=O)Cc3cccs3)CC2)cc(C(F)(F)F)n1. The molecule has 0 bridgehead atoms. The van der Waals surface area contributed by atoms with Crippen molar-refractivity contribution in [1.29, 1.82) is 0 Å². The summed E-state index contributed by atoms with van der Waals surface area (Å²) in [7, 11) is 0. The molecule has 1 amide bonds. The second kappa shape index (κ2) is 6.99. The number of nitrogens with zero attached hydrogens (tertiary/aromatic N) is 4. The first-order valence-corrected chi connectivity index (χ1v) is 8.69. The number of anilines is 1. The first kappa shape index (κ1) is 17.7.